The van der Waals surface area contributed by atoms with Crippen LogP contribution in [0.3, 0.4) is 0 Å². The van der Waals surface area contributed by atoms with Gasteiger partial charge in [0.15, 0.2) is 5.78 Å². The van der Waals surface area contributed by atoms with Crippen molar-refractivity contribution in [1.29, 1.82) is 0 Å². The van der Waals surface area contributed by atoms with E-state index >= 15 is 0 Å². The Morgan fingerprint density at radius 3 is 2.44 bits per heavy atom. The van der Waals surface area contributed by atoms with Crippen molar-refractivity contribution in [3.05, 3.63) is 80.8 Å². The maximum atomic E-state index is 13.0. The van der Waals surface area contributed by atoms with Gasteiger partial charge in [-0.3, -0.25) is 4.79 Å². The molecule has 34 heavy (non-hydrogen) atoms. The van der Waals surface area contributed by atoms with Crippen LogP contribution in [0.4, 0.5) is 5.82 Å². The number of aromatic nitrogens is 2. The Bertz CT molecular complexity index is 1260. The number of rotatable bonds is 3. The van der Waals surface area contributed by atoms with Crippen LogP contribution in [0.2, 0.25) is 5.02 Å². The summed E-state index contributed by atoms with van der Waals surface area (Å²) in [6.07, 6.45) is 2.73. The van der Waals surface area contributed by atoms with Crippen molar-refractivity contribution in [1.82, 2.24) is 9.97 Å². The van der Waals surface area contributed by atoms with Gasteiger partial charge in [-0.25, -0.2) is 9.97 Å². The molecule has 0 N–H and O–H groups in total. The third-order valence-electron chi connectivity index (χ3n) is 7.15. The molecule has 0 amide bonds. The molecule has 0 radical (unpaired) electrons. The number of Topliss-reactive ketones (excluding diaryl/α,β-unsaturated/α-hetero) is 1. The molecule has 6 heteroatoms. The minimum Gasteiger partial charge on any atom is -0.486 e. The smallest absolute Gasteiger partial charge is 0.170 e. The number of benzene rings is 2. The summed E-state index contributed by atoms with van der Waals surface area (Å²) in [7, 11) is 0. The first kappa shape index (κ1) is 22.9. The van der Waals surface area contributed by atoms with Crippen molar-refractivity contribution in [3.63, 3.8) is 0 Å². The summed E-state index contributed by atoms with van der Waals surface area (Å²) in [5, 5.41) is 0.608. The molecular weight excluding hydrogens is 446 g/mol. The van der Waals surface area contributed by atoms with Gasteiger partial charge in [0.25, 0.3) is 0 Å². The van der Waals surface area contributed by atoms with Crippen LogP contribution in [-0.2, 0) is 6.42 Å². The van der Waals surface area contributed by atoms with Crippen molar-refractivity contribution >= 4 is 23.2 Å². The van der Waals surface area contributed by atoms with Gasteiger partial charge >= 0.3 is 0 Å². The maximum absolute atomic E-state index is 13.0. The zero-order valence-electron chi connectivity index (χ0n) is 20.2. The van der Waals surface area contributed by atoms with Crippen molar-refractivity contribution in [3.8, 4) is 5.75 Å². The van der Waals surface area contributed by atoms with E-state index in [0.717, 1.165) is 55.3 Å². The lowest BCUT2D eigenvalue weighted by Gasteiger charge is -2.44. The number of ketones is 1. The summed E-state index contributed by atoms with van der Waals surface area (Å²) in [5.74, 6) is 2.57. The Kier molecular flexibility index (Phi) is 5.85. The topological polar surface area (TPSA) is 55.3 Å². The summed E-state index contributed by atoms with van der Waals surface area (Å²) in [5.41, 5.74) is 5.76. The van der Waals surface area contributed by atoms with E-state index in [2.05, 4.69) is 48.0 Å². The summed E-state index contributed by atoms with van der Waals surface area (Å²) in [6.45, 7) is 9.63. The van der Waals surface area contributed by atoms with Crippen LogP contribution in [0.25, 0.3) is 0 Å². The minimum absolute atomic E-state index is 0.116. The van der Waals surface area contributed by atoms with Gasteiger partial charge in [0.05, 0.1) is 12.0 Å². The van der Waals surface area contributed by atoms with E-state index in [1.807, 2.05) is 19.9 Å². The van der Waals surface area contributed by atoms with E-state index in [0.29, 0.717) is 22.8 Å². The van der Waals surface area contributed by atoms with E-state index in [4.69, 9.17) is 21.3 Å². The predicted molar refractivity (Wildman–Crippen MR) is 135 cm³/mol. The molecule has 176 valence electrons. The van der Waals surface area contributed by atoms with Crippen LogP contribution in [-0.4, -0.2) is 34.4 Å². The molecule has 0 unspecified atom stereocenters. The number of carbonyl (C=O) groups is 1. The third kappa shape index (κ3) is 4.29. The Morgan fingerprint density at radius 1 is 1.03 bits per heavy atom. The number of hydrogen-bond donors (Lipinski definition) is 0. The molecule has 5 nitrogen and oxygen atoms in total. The Hall–Kier alpha value is -2.92. The molecule has 1 saturated heterocycles. The average Bonchev–Trinajstić information content (AvgIpc) is 2.79. The van der Waals surface area contributed by atoms with Crippen LogP contribution >= 0.6 is 11.6 Å². The molecule has 2 aliphatic rings. The lowest BCUT2D eigenvalue weighted by molar-refractivity contribution is 0.0230. The van der Waals surface area contributed by atoms with Gasteiger partial charge < -0.3 is 9.64 Å². The van der Waals surface area contributed by atoms with E-state index in [1.165, 1.54) is 16.7 Å². The highest BCUT2D eigenvalue weighted by Gasteiger charge is 2.43. The quantitative estimate of drug-likeness (QED) is 0.468. The summed E-state index contributed by atoms with van der Waals surface area (Å²) >= 11 is 6.25. The third-order valence-corrected chi connectivity index (χ3v) is 7.56. The van der Waals surface area contributed by atoms with Crippen LogP contribution in [0.1, 0.15) is 63.4 Å². The van der Waals surface area contributed by atoms with Gasteiger partial charge in [0.1, 0.15) is 23.0 Å². The Labute approximate surface area is 206 Å². The second kappa shape index (κ2) is 8.70. The number of piperidine rings is 1. The molecular formula is C28H30ClN3O2. The monoisotopic (exact) mass is 475 g/mol. The van der Waals surface area contributed by atoms with Gasteiger partial charge in [-0.2, -0.15) is 0 Å². The molecule has 0 aliphatic carbocycles. The fourth-order valence-corrected chi connectivity index (χ4v) is 5.28. The van der Waals surface area contributed by atoms with Gasteiger partial charge in [-0.1, -0.05) is 41.4 Å². The van der Waals surface area contributed by atoms with E-state index < -0.39 is 5.60 Å². The molecule has 2 aromatic carbocycles. The lowest BCUT2D eigenvalue weighted by atomic mass is 9.82. The molecule has 0 atom stereocenters. The van der Waals surface area contributed by atoms with Crippen LogP contribution in [0, 0.1) is 27.7 Å². The number of hydrogen-bond acceptors (Lipinski definition) is 5. The van der Waals surface area contributed by atoms with Gasteiger partial charge in [0.2, 0.25) is 0 Å². The molecule has 1 fully saturated rings. The molecule has 0 bridgehead atoms. The largest absolute Gasteiger partial charge is 0.486 e. The summed E-state index contributed by atoms with van der Waals surface area (Å²) in [4.78, 5) is 24.8. The SMILES string of the molecule is Cc1ccc(Cc2c(C)nc(C)nc2N2CCC3(CC2)CC(=O)c2cc(Cl)c(C)cc2O3)cc1. The second-order valence-corrected chi connectivity index (χ2v) is 10.2. The predicted octanol–water partition coefficient (Wildman–Crippen LogP) is 5.96. The van der Waals surface area contributed by atoms with Gasteiger partial charge in [-0.15, -0.1) is 0 Å². The maximum Gasteiger partial charge on any atom is 0.170 e. The first-order valence-electron chi connectivity index (χ1n) is 11.9. The minimum atomic E-state index is -0.463. The van der Waals surface area contributed by atoms with E-state index in [1.54, 1.807) is 6.07 Å². The standard InChI is InChI=1S/C28H30ClN3O2/c1-17-5-7-21(8-6-17)14-22-19(3)30-20(4)31-27(22)32-11-9-28(10-12-32)16-25(33)23-15-24(29)18(2)13-26(23)34-28/h5-8,13,15H,9-12,14,16H2,1-4H3. The zero-order valence-corrected chi connectivity index (χ0v) is 21.0. The first-order chi connectivity index (χ1) is 16.2. The normalized spacial score (nSPS) is 17.0. The number of carbonyl (C=O) groups excluding carboxylic acids is 1. The molecule has 3 aromatic rings. The van der Waals surface area contributed by atoms with Crippen molar-refractivity contribution in [2.24, 2.45) is 0 Å². The molecule has 0 saturated carbocycles. The Balaban J connectivity index is 1.39. The van der Waals surface area contributed by atoms with Crippen LogP contribution in [0.5, 0.6) is 5.75 Å². The van der Waals surface area contributed by atoms with Crippen molar-refractivity contribution < 1.29 is 9.53 Å². The van der Waals surface area contributed by atoms with Crippen LogP contribution in [0.15, 0.2) is 36.4 Å². The highest BCUT2D eigenvalue weighted by molar-refractivity contribution is 6.31. The Morgan fingerprint density at radius 2 is 1.74 bits per heavy atom. The van der Waals surface area contributed by atoms with Gasteiger partial charge in [0, 0.05) is 48.6 Å². The number of anilines is 1. The molecule has 3 heterocycles. The zero-order chi connectivity index (χ0) is 24.0. The number of aryl methyl sites for hydroxylation is 4. The van der Waals surface area contributed by atoms with Crippen LogP contribution < -0.4 is 9.64 Å². The second-order valence-electron chi connectivity index (χ2n) is 9.79. The lowest BCUT2D eigenvalue weighted by Crippen LogP contribution is -2.51. The summed E-state index contributed by atoms with van der Waals surface area (Å²) in [6, 6.07) is 12.3. The number of nitrogens with zero attached hydrogens (tertiary/aromatic N) is 3. The fourth-order valence-electron chi connectivity index (χ4n) is 5.12. The molecule has 5 rings (SSSR count). The highest BCUT2D eigenvalue weighted by atomic mass is 35.5. The highest BCUT2D eigenvalue weighted by Crippen LogP contribution is 2.42. The first-order valence-corrected chi connectivity index (χ1v) is 12.3. The van der Waals surface area contributed by atoms with Gasteiger partial charge in [-0.05, 0) is 51.0 Å². The number of halogens is 1. The fraction of sp³-hybridized carbons (Fsp3) is 0.393. The summed E-state index contributed by atoms with van der Waals surface area (Å²) < 4.78 is 6.50. The molecule has 1 aromatic heterocycles. The van der Waals surface area contributed by atoms with E-state index in [9.17, 15) is 4.79 Å². The van der Waals surface area contributed by atoms with Crippen molar-refractivity contribution in [2.45, 2.75) is 59.0 Å². The number of ether oxygens (including phenoxy) is 1. The number of fused-ring (bicyclic) bond motifs is 1. The molecule has 1 spiro atoms. The average molecular weight is 476 g/mol. The van der Waals surface area contributed by atoms with Crippen molar-refractivity contribution in [2.75, 3.05) is 18.0 Å². The van der Waals surface area contributed by atoms with E-state index in [-0.39, 0.29) is 5.78 Å². The molecule has 2 aliphatic heterocycles.